The maximum absolute atomic E-state index is 12.5. The lowest BCUT2D eigenvalue weighted by atomic mass is 9.85. The lowest BCUT2D eigenvalue weighted by Gasteiger charge is -2.14. The number of nitrogens with zero attached hydrogens (tertiary/aromatic N) is 1. The van der Waals surface area contributed by atoms with Crippen molar-refractivity contribution in [1.29, 1.82) is 0 Å². The molecular formula is C25H26N2O4. The van der Waals surface area contributed by atoms with Crippen LogP contribution < -0.4 is 10.1 Å². The smallest absolute Gasteiger partial charge is 0.233 e. The molecule has 2 unspecified atom stereocenters. The molecule has 0 saturated carbocycles. The summed E-state index contributed by atoms with van der Waals surface area (Å²) in [5.41, 5.74) is 1.77. The number of amides is 3. The lowest BCUT2D eigenvalue weighted by molar-refractivity contribution is -0.140. The lowest BCUT2D eigenvalue weighted by Crippen LogP contribution is -2.32. The second kappa shape index (κ2) is 9.60. The van der Waals surface area contributed by atoms with Gasteiger partial charge in [-0.1, -0.05) is 42.5 Å². The van der Waals surface area contributed by atoms with Gasteiger partial charge >= 0.3 is 0 Å². The number of ether oxygens (including phenoxy) is 1. The van der Waals surface area contributed by atoms with Gasteiger partial charge in [0.1, 0.15) is 12.4 Å². The minimum absolute atomic E-state index is 0.0918. The zero-order valence-electron chi connectivity index (χ0n) is 17.3. The standard InChI is InChI=1S/C25H26N2O4/c28-23(11-6-16-27-24(29)21-9-4-5-10-22(21)25(27)30)26-19-12-14-20(15-13-19)31-17-18-7-2-1-3-8-18/h1-5,7-8,12-15,21-22H,6,9-11,16-17H2,(H,26,28). The summed E-state index contributed by atoms with van der Waals surface area (Å²) in [7, 11) is 0. The number of likely N-dealkylation sites (tertiary alicyclic amines) is 1. The molecule has 0 spiro atoms. The molecule has 0 radical (unpaired) electrons. The molecule has 6 nitrogen and oxygen atoms in total. The van der Waals surface area contributed by atoms with E-state index in [1.165, 1.54) is 4.90 Å². The van der Waals surface area contributed by atoms with Crippen LogP contribution in [-0.4, -0.2) is 29.2 Å². The van der Waals surface area contributed by atoms with Crippen LogP contribution in [0.25, 0.3) is 0 Å². The van der Waals surface area contributed by atoms with E-state index in [1.807, 2.05) is 54.6 Å². The van der Waals surface area contributed by atoms with Crippen molar-refractivity contribution in [2.45, 2.75) is 32.3 Å². The number of hydrogen-bond donors (Lipinski definition) is 1. The van der Waals surface area contributed by atoms with Crippen molar-refractivity contribution in [2.75, 3.05) is 11.9 Å². The topological polar surface area (TPSA) is 75.7 Å². The van der Waals surface area contributed by atoms with Gasteiger partial charge in [0.2, 0.25) is 17.7 Å². The van der Waals surface area contributed by atoms with E-state index in [0.29, 0.717) is 38.1 Å². The second-order valence-corrected chi connectivity index (χ2v) is 7.93. The van der Waals surface area contributed by atoms with E-state index >= 15 is 0 Å². The van der Waals surface area contributed by atoms with E-state index in [0.717, 1.165) is 11.3 Å². The fraction of sp³-hybridized carbons (Fsp3) is 0.320. The van der Waals surface area contributed by atoms with Gasteiger partial charge in [0, 0.05) is 18.7 Å². The molecule has 1 aliphatic carbocycles. The first kappa shape index (κ1) is 20.8. The molecule has 31 heavy (non-hydrogen) atoms. The molecular weight excluding hydrogens is 392 g/mol. The van der Waals surface area contributed by atoms with Gasteiger partial charge in [0.25, 0.3) is 0 Å². The van der Waals surface area contributed by atoms with Gasteiger partial charge in [-0.3, -0.25) is 19.3 Å². The van der Waals surface area contributed by atoms with Crippen LogP contribution in [-0.2, 0) is 21.0 Å². The van der Waals surface area contributed by atoms with Crippen molar-refractivity contribution in [3.8, 4) is 5.75 Å². The minimum atomic E-state index is -0.214. The Kier molecular flexibility index (Phi) is 6.46. The van der Waals surface area contributed by atoms with E-state index in [2.05, 4.69) is 5.32 Å². The van der Waals surface area contributed by atoms with E-state index in [1.54, 1.807) is 12.1 Å². The summed E-state index contributed by atoms with van der Waals surface area (Å²) in [6, 6.07) is 17.1. The van der Waals surface area contributed by atoms with Crippen LogP contribution in [0.1, 0.15) is 31.2 Å². The summed E-state index contributed by atoms with van der Waals surface area (Å²) in [6.45, 7) is 0.780. The Morgan fingerprint density at radius 3 is 2.23 bits per heavy atom. The molecule has 2 aliphatic rings. The molecule has 160 valence electrons. The third-order valence-corrected chi connectivity index (χ3v) is 5.77. The average Bonchev–Trinajstić information content (AvgIpc) is 3.04. The number of fused-ring (bicyclic) bond motifs is 1. The first-order valence-corrected chi connectivity index (χ1v) is 10.7. The third-order valence-electron chi connectivity index (χ3n) is 5.77. The van der Waals surface area contributed by atoms with Gasteiger partial charge in [-0.25, -0.2) is 0 Å². The molecule has 1 heterocycles. The number of nitrogens with one attached hydrogen (secondary N) is 1. The Morgan fingerprint density at radius 2 is 1.58 bits per heavy atom. The van der Waals surface area contributed by atoms with Gasteiger partial charge in [-0.15, -0.1) is 0 Å². The highest BCUT2D eigenvalue weighted by atomic mass is 16.5. The molecule has 2 aromatic carbocycles. The summed E-state index contributed by atoms with van der Waals surface area (Å²) < 4.78 is 5.75. The first-order valence-electron chi connectivity index (χ1n) is 10.7. The largest absolute Gasteiger partial charge is 0.489 e. The molecule has 3 amide bonds. The van der Waals surface area contributed by atoms with E-state index < -0.39 is 0 Å². The summed E-state index contributed by atoms with van der Waals surface area (Å²) in [4.78, 5) is 38.5. The summed E-state index contributed by atoms with van der Waals surface area (Å²) in [6.07, 6.45) is 5.92. The van der Waals surface area contributed by atoms with Crippen molar-refractivity contribution >= 4 is 23.4 Å². The van der Waals surface area contributed by atoms with Gasteiger partial charge in [-0.2, -0.15) is 0 Å². The highest BCUT2D eigenvalue weighted by molar-refractivity contribution is 6.05. The molecule has 6 heteroatoms. The number of imide groups is 1. The van der Waals surface area contributed by atoms with Crippen LogP contribution in [0.5, 0.6) is 5.75 Å². The Morgan fingerprint density at radius 1 is 0.935 bits per heavy atom. The number of benzene rings is 2. The second-order valence-electron chi connectivity index (χ2n) is 7.93. The highest BCUT2D eigenvalue weighted by Gasteiger charge is 2.46. The summed E-state index contributed by atoms with van der Waals surface area (Å²) in [5.74, 6) is -0.0281. The van der Waals surface area contributed by atoms with Crippen LogP contribution in [0.4, 0.5) is 5.69 Å². The van der Waals surface area contributed by atoms with Gasteiger partial charge in [-0.05, 0) is 49.1 Å². The van der Waals surface area contributed by atoms with E-state index in [-0.39, 0.29) is 36.0 Å². The minimum Gasteiger partial charge on any atom is -0.489 e. The molecule has 1 saturated heterocycles. The van der Waals surface area contributed by atoms with E-state index in [4.69, 9.17) is 4.74 Å². The number of carbonyl (C=O) groups is 3. The predicted octanol–water partition coefficient (Wildman–Crippen LogP) is 3.94. The van der Waals surface area contributed by atoms with Crippen molar-refractivity contribution in [3.63, 3.8) is 0 Å². The normalized spacial score (nSPS) is 19.9. The zero-order chi connectivity index (χ0) is 21.6. The molecule has 0 bridgehead atoms. The fourth-order valence-electron chi connectivity index (χ4n) is 4.09. The molecule has 2 atom stereocenters. The number of hydrogen-bond acceptors (Lipinski definition) is 4. The summed E-state index contributed by atoms with van der Waals surface area (Å²) in [5, 5.41) is 2.85. The molecule has 1 N–H and O–H groups in total. The van der Waals surface area contributed by atoms with Crippen LogP contribution in [0, 0.1) is 11.8 Å². The Hall–Kier alpha value is -3.41. The number of rotatable bonds is 8. The van der Waals surface area contributed by atoms with Crippen LogP contribution in [0.15, 0.2) is 66.7 Å². The average molecular weight is 418 g/mol. The maximum Gasteiger partial charge on any atom is 0.233 e. The number of allylic oxidation sites excluding steroid dienone is 2. The Balaban J connectivity index is 1.20. The maximum atomic E-state index is 12.5. The predicted molar refractivity (Wildman–Crippen MR) is 117 cm³/mol. The van der Waals surface area contributed by atoms with Gasteiger partial charge in [0.15, 0.2) is 0 Å². The van der Waals surface area contributed by atoms with Gasteiger partial charge in [0.05, 0.1) is 11.8 Å². The molecule has 1 aliphatic heterocycles. The molecule has 4 rings (SSSR count). The Bertz CT molecular complexity index is 943. The number of carbonyl (C=O) groups excluding carboxylic acids is 3. The van der Waals surface area contributed by atoms with Crippen molar-refractivity contribution in [2.24, 2.45) is 11.8 Å². The monoisotopic (exact) mass is 418 g/mol. The quantitative estimate of drug-likeness (QED) is 0.521. The Labute approximate surface area is 181 Å². The van der Waals surface area contributed by atoms with Crippen molar-refractivity contribution in [3.05, 3.63) is 72.3 Å². The zero-order valence-corrected chi connectivity index (χ0v) is 17.3. The number of anilines is 1. The summed E-state index contributed by atoms with van der Waals surface area (Å²) >= 11 is 0. The molecule has 2 aromatic rings. The van der Waals surface area contributed by atoms with Crippen LogP contribution in [0.2, 0.25) is 0 Å². The highest BCUT2D eigenvalue weighted by Crippen LogP contribution is 2.35. The SMILES string of the molecule is O=C(CCCN1C(=O)C2CC=CCC2C1=O)Nc1ccc(OCc2ccccc2)cc1. The van der Waals surface area contributed by atoms with Crippen LogP contribution in [0.3, 0.4) is 0 Å². The van der Waals surface area contributed by atoms with Crippen LogP contribution >= 0.6 is 0 Å². The van der Waals surface area contributed by atoms with E-state index in [9.17, 15) is 14.4 Å². The van der Waals surface area contributed by atoms with Crippen molar-refractivity contribution in [1.82, 2.24) is 4.90 Å². The first-order chi connectivity index (χ1) is 15.1. The molecule has 1 fully saturated rings. The van der Waals surface area contributed by atoms with Crippen molar-refractivity contribution < 1.29 is 19.1 Å². The molecule has 0 aromatic heterocycles. The fourth-order valence-corrected chi connectivity index (χ4v) is 4.09. The van der Waals surface area contributed by atoms with Gasteiger partial charge < -0.3 is 10.1 Å². The third kappa shape index (κ3) is 5.02.